The molecule has 3 rings (SSSR count). The van der Waals surface area contributed by atoms with E-state index < -0.39 is 0 Å². The van der Waals surface area contributed by atoms with Crippen molar-refractivity contribution >= 4 is 0 Å². The van der Waals surface area contributed by atoms with Crippen LogP contribution < -0.4 is 5.32 Å². The molecule has 0 aliphatic carbocycles. The minimum absolute atomic E-state index is 0.745. The highest BCUT2D eigenvalue weighted by molar-refractivity contribution is 5.58. The Labute approximate surface area is 111 Å². The van der Waals surface area contributed by atoms with Crippen LogP contribution >= 0.6 is 0 Å². The number of benzene rings is 1. The molecule has 19 heavy (non-hydrogen) atoms. The van der Waals surface area contributed by atoms with Crippen LogP contribution in [0.25, 0.3) is 11.3 Å². The first-order chi connectivity index (χ1) is 9.42. The number of aromatic amines is 2. The van der Waals surface area contributed by atoms with Gasteiger partial charge in [0.2, 0.25) is 0 Å². The fourth-order valence-electron chi connectivity index (χ4n) is 1.94. The van der Waals surface area contributed by atoms with Crippen LogP contribution in [-0.2, 0) is 13.1 Å². The van der Waals surface area contributed by atoms with Gasteiger partial charge in [-0.1, -0.05) is 24.3 Å². The molecule has 0 bridgehead atoms. The fraction of sp³-hybridized carbons (Fsp3) is 0.143. The fourth-order valence-corrected chi connectivity index (χ4v) is 1.94. The lowest BCUT2D eigenvalue weighted by molar-refractivity contribution is 0.669. The Balaban J connectivity index is 1.57. The highest BCUT2D eigenvalue weighted by atomic mass is 15.1. The molecule has 0 saturated heterocycles. The van der Waals surface area contributed by atoms with Crippen molar-refractivity contribution in [3.05, 3.63) is 60.3 Å². The quantitative estimate of drug-likeness (QED) is 0.652. The molecule has 0 radical (unpaired) electrons. The van der Waals surface area contributed by atoms with Crippen molar-refractivity contribution in [2.75, 3.05) is 0 Å². The zero-order valence-corrected chi connectivity index (χ0v) is 10.4. The van der Waals surface area contributed by atoms with Crippen LogP contribution in [0.15, 0.2) is 48.9 Å². The number of hydrogen-bond acceptors (Lipinski definition) is 3. The highest BCUT2D eigenvalue weighted by Crippen LogP contribution is 2.16. The number of H-pyrrole nitrogens is 2. The Bertz CT molecular complexity index is 596. The van der Waals surface area contributed by atoms with Gasteiger partial charge in [-0.25, -0.2) is 4.98 Å². The summed E-state index contributed by atoms with van der Waals surface area (Å²) >= 11 is 0. The number of rotatable bonds is 5. The summed E-state index contributed by atoms with van der Waals surface area (Å²) in [7, 11) is 0. The van der Waals surface area contributed by atoms with E-state index in [9.17, 15) is 0 Å². The van der Waals surface area contributed by atoms with E-state index in [1.807, 2.05) is 12.3 Å². The largest absolute Gasteiger partial charge is 0.348 e. The number of nitrogens with zero attached hydrogens (tertiary/aromatic N) is 2. The second-order valence-electron chi connectivity index (χ2n) is 4.31. The average molecular weight is 253 g/mol. The summed E-state index contributed by atoms with van der Waals surface area (Å²) < 4.78 is 0. The lowest BCUT2D eigenvalue weighted by Crippen LogP contribution is -2.13. The Morgan fingerprint density at radius 1 is 1.00 bits per heavy atom. The van der Waals surface area contributed by atoms with Gasteiger partial charge in [-0.3, -0.25) is 5.10 Å². The molecule has 3 aromatic rings. The number of aromatic nitrogens is 4. The van der Waals surface area contributed by atoms with Crippen LogP contribution in [-0.4, -0.2) is 20.2 Å². The van der Waals surface area contributed by atoms with Crippen molar-refractivity contribution in [3.63, 3.8) is 0 Å². The molecule has 5 heteroatoms. The summed E-state index contributed by atoms with van der Waals surface area (Å²) in [4.78, 5) is 7.23. The molecule has 3 N–H and O–H groups in total. The molecule has 2 heterocycles. The van der Waals surface area contributed by atoms with Crippen LogP contribution in [0, 0.1) is 0 Å². The molecular weight excluding hydrogens is 238 g/mol. The third-order valence-corrected chi connectivity index (χ3v) is 2.94. The Morgan fingerprint density at radius 3 is 2.58 bits per heavy atom. The normalized spacial score (nSPS) is 10.7. The van der Waals surface area contributed by atoms with Crippen LogP contribution in [0.1, 0.15) is 11.4 Å². The molecule has 0 saturated carbocycles. The minimum Gasteiger partial charge on any atom is -0.348 e. The Hall–Kier alpha value is -2.40. The molecular formula is C14H15N5. The van der Waals surface area contributed by atoms with E-state index in [0.717, 1.165) is 30.2 Å². The third-order valence-electron chi connectivity index (χ3n) is 2.94. The Morgan fingerprint density at radius 2 is 1.89 bits per heavy atom. The van der Waals surface area contributed by atoms with Gasteiger partial charge < -0.3 is 10.3 Å². The molecule has 2 aromatic heterocycles. The van der Waals surface area contributed by atoms with Gasteiger partial charge in [-0.15, -0.1) is 0 Å². The smallest absolute Gasteiger partial charge is 0.120 e. The summed E-state index contributed by atoms with van der Waals surface area (Å²) in [6, 6.07) is 10.4. The van der Waals surface area contributed by atoms with Gasteiger partial charge in [-0.2, -0.15) is 5.10 Å². The molecule has 0 spiro atoms. The van der Waals surface area contributed by atoms with Crippen LogP contribution in [0.3, 0.4) is 0 Å². The van der Waals surface area contributed by atoms with Crippen LogP contribution in [0.4, 0.5) is 0 Å². The van der Waals surface area contributed by atoms with Gasteiger partial charge >= 0.3 is 0 Å². The zero-order chi connectivity index (χ0) is 12.9. The summed E-state index contributed by atoms with van der Waals surface area (Å²) in [5, 5.41) is 10.3. The zero-order valence-electron chi connectivity index (χ0n) is 10.4. The molecule has 96 valence electrons. The van der Waals surface area contributed by atoms with E-state index in [-0.39, 0.29) is 0 Å². The number of nitrogens with one attached hydrogen (secondary N) is 3. The number of imidazole rings is 1. The first kappa shape index (κ1) is 11.7. The maximum Gasteiger partial charge on any atom is 0.120 e. The molecule has 1 aromatic carbocycles. The number of hydrogen-bond donors (Lipinski definition) is 3. The van der Waals surface area contributed by atoms with E-state index >= 15 is 0 Å². The topological polar surface area (TPSA) is 69.4 Å². The van der Waals surface area contributed by atoms with Crippen LogP contribution in [0.5, 0.6) is 0 Å². The average Bonchev–Trinajstić information content (AvgIpc) is 3.13. The van der Waals surface area contributed by atoms with Gasteiger partial charge in [0.25, 0.3) is 0 Å². The lowest BCUT2D eigenvalue weighted by atomic mass is 10.1. The monoisotopic (exact) mass is 253 g/mol. The van der Waals surface area contributed by atoms with E-state index in [0.29, 0.717) is 0 Å². The molecule has 0 amide bonds. The summed E-state index contributed by atoms with van der Waals surface area (Å²) in [5.74, 6) is 0.953. The highest BCUT2D eigenvalue weighted by Gasteiger charge is 1.99. The SMILES string of the molecule is c1cc(-c2ccc(CNCc3ncc[nH]3)cc2)[nH]n1. The van der Waals surface area contributed by atoms with Gasteiger partial charge in [0.05, 0.1) is 12.2 Å². The van der Waals surface area contributed by atoms with Crippen molar-refractivity contribution in [1.29, 1.82) is 0 Å². The van der Waals surface area contributed by atoms with E-state index in [1.54, 1.807) is 12.4 Å². The van der Waals surface area contributed by atoms with Crippen LogP contribution in [0.2, 0.25) is 0 Å². The molecule has 0 fully saturated rings. The van der Waals surface area contributed by atoms with E-state index in [4.69, 9.17) is 0 Å². The van der Waals surface area contributed by atoms with Gasteiger partial charge in [-0.05, 0) is 17.2 Å². The molecule has 0 atom stereocenters. The van der Waals surface area contributed by atoms with Crippen molar-refractivity contribution < 1.29 is 0 Å². The molecule has 5 nitrogen and oxygen atoms in total. The molecule has 0 unspecified atom stereocenters. The molecule has 0 aliphatic rings. The summed E-state index contributed by atoms with van der Waals surface area (Å²) in [6.45, 7) is 1.57. The minimum atomic E-state index is 0.745. The standard InChI is InChI=1S/C14H15N5/c1-3-12(13-5-6-18-19-13)4-2-11(1)9-15-10-14-16-7-8-17-14/h1-8,15H,9-10H2,(H,16,17)(H,18,19). The van der Waals surface area contributed by atoms with Crippen molar-refractivity contribution in [2.45, 2.75) is 13.1 Å². The maximum absolute atomic E-state index is 4.17. The van der Waals surface area contributed by atoms with Gasteiger partial charge in [0.1, 0.15) is 5.82 Å². The summed E-state index contributed by atoms with van der Waals surface area (Å²) in [5.41, 5.74) is 3.43. The maximum atomic E-state index is 4.17. The Kier molecular flexibility index (Phi) is 3.38. The van der Waals surface area contributed by atoms with Crippen molar-refractivity contribution in [3.8, 4) is 11.3 Å². The van der Waals surface area contributed by atoms with E-state index in [2.05, 4.69) is 49.7 Å². The predicted octanol–water partition coefficient (Wildman–Crippen LogP) is 2.09. The summed E-state index contributed by atoms with van der Waals surface area (Å²) in [6.07, 6.45) is 5.35. The predicted molar refractivity (Wildman–Crippen MR) is 73.2 cm³/mol. The second kappa shape index (κ2) is 5.49. The first-order valence-electron chi connectivity index (χ1n) is 6.19. The molecule has 0 aliphatic heterocycles. The van der Waals surface area contributed by atoms with E-state index in [1.165, 1.54) is 5.56 Å². The lowest BCUT2D eigenvalue weighted by Gasteiger charge is -2.04. The van der Waals surface area contributed by atoms with Crippen molar-refractivity contribution in [2.24, 2.45) is 0 Å². The van der Waals surface area contributed by atoms with Crippen molar-refractivity contribution in [1.82, 2.24) is 25.5 Å². The third kappa shape index (κ3) is 2.89. The second-order valence-corrected chi connectivity index (χ2v) is 4.31. The first-order valence-corrected chi connectivity index (χ1v) is 6.19. The van der Waals surface area contributed by atoms with Gasteiger partial charge in [0.15, 0.2) is 0 Å². The van der Waals surface area contributed by atoms with Gasteiger partial charge in [0, 0.05) is 25.1 Å².